The molecule has 140 valence electrons. The zero-order chi connectivity index (χ0) is 19.5. The average molecular weight is 373 g/mol. The van der Waals surface area contributed by atoms with Crippen LogP contribution in [0, 0.1) is 0 Å². The van der Waals surface area contributed by atoms with Crippen molar-refractivity contribution in [3.05, 3.63) is 126 Å². The molecular weight excluding hydrogens is 350 g/mol. The maximum absolute atomic E-state index is 4.70. The van der Waals surface area contributed by atoms with Gasteiger partial charge in [-0.2, -0.15) is 0 Å². The maximum Gasteiger partial charge on any atom is 0.0441 e. The summed E-state index contributed by atoms with van der Waals surface area (Å²) < 4.78 is 0. The Balaban J connectivity index is 1.48. The van der Waals surface area contributed by atoms with Crippen molar-refractivity contribution in [1.29, 1.82) is 0 Å². The molecule has 0 N–H and O–H groups in total. The van der Waals surface area contributed by atoms with Gasteiger partial charge in [0, 0.05) is 17.8 Å². The van der Waals surface area contributed by atoms with Crippen molar-refractivity contribution in [2.24, 2.45) is 0 Å². The first-order valence-corrected chi connectivity index (χ1v) is 10.2. The number of hydrogen-bond donors (Lipinski definition) is 0. The van der Waals surface area contributed by atoms with Crippen LogP contribution in [0.1, 0.15) is 22.7 Å². The highest BCUT2D eigenvalue weighted by atomic mass is 14.7. The summed E-state index contributed by atoms with van der Waals surface area (Å²) in [6, 6.07) is 37.0. The molecule has 0 atom stereocenters. The number of rotatable bonds is 5. The lowest BCUT2D eigenvalue weighted by molar-refractivity contribution is 0.659. The predicted octanol–water partition coefficient (Wildman–Crippen LogP) is 6.96. The number of pyridine rings is 1. The Morgan fingerprint density at radius 1 is 0.517 bits per heavy atom. The molecule has 0 fully saturated rings. The lowest BCUT2D eigenvalue weighted by Gasteiger charge is -2.18. The Bertz CT molecular complexity index is 1180. The van der Waals surface area contributed by atoms with Gasteiger partial charge in [0.05, 0.1) is 0 Å². The Hall–Kier alpha value is -3.45. The molecule has 0 spiro atoms. The number of hydrogen-bond acceptors (Lipinski definition) is 1. The molecule has 5 rings (SSSR count). The lowest BCUT2D eigenvalue weighted by atomic mass is 9.88. The van der Waals surface area contributed by atoms with Crippen LogP contribution in [0.25, 0.3) is 21.5 Å². The third kappa shape index (κ3) is 3.90. The van der Waals surface area contributed by atoms with Crippen molar-refractivity contribution in [1.82, 2.24) is 4.98 Å². The summed E-state index contributed by atoms with van der Waals surface area (Å²) in [5.41, 5.74) is 3.88. The van der Waals surface area contributed by atoms with Gasteiger partial charge in [-0.25, -0.2) is 0 Å². The smallest absolute Gasteiger partial charge is 0.0441 e. The monoisotopic (exact) mass is 373 g/mol. The second kappa shape index (κ2) is 7.89. The molecule has 0 amide bonds. The first kappa shape index (κ1) is 17.6. The van der Waals surface area contributed by atoms with Crippen LogP contribution in [0.5, 0.6) is 0 Å². The molecule has 1 heteroatoms. The van der Waals surface area contributed by atoms with Gasteiger partial charge in [0.15, 0.2) is 0 Å². The summed E-state index contributed by atoms with van der Waals surface area (Å²) in [5, 5.41) is 5.19. The van der Waals surface area contributed by atoms with Gasteiger partial charge < -0.3 is 0 Å². The molecule has 0 aliphatic heterocycles. The number of benzene rings is 4. The van der Waals surface area contributed by atoms with Gasteiger partial charge in [-0.15, -0.1) is 0 Å². The van der Waals surface area contributed by atoms with Crippen molar-refractivity contribution in [3.8, 4) is 0 Å². The van der Waals surface area contributed by atoms with Crippen molar-refractivity contribution in [2.45, 2.75) is 18.8 Å². The lowest BCUT2D eigenvalue weighted by Crippen LogP contribution is -2.08. The SMILES string of the molecule is c1ccc(C(Cc2ccc3ccccc3c2)Cc2ccc3ccccc3c2)nc1. The standard InChI is InChI=1S/C28H23N/c1-3-9-25-17-21(12-14-23(25)7-1)19-27(28-11-5-6-16-29-28)20-22-13-15-24-8-2-4-10-26(24)18-22/h1-18,27H,19-20H2. The largest absolute Gasteiger partial charge is 0.261 e. The van der Waals surface area contributed by atoms with Crippen LogP contribution in [-0.4, -0.2) is 4.98 Å². The van der Waals surface area contributed by atoms with Gasteiger partial charge in [-0.1, -0.05) is 91.0 Å². The summed E-state index contributed by atoms with van der Waals surface area (Å²) in [5.74, 6) is 0.346. The highest BCUT2D eigenvalue weighted by molar-refractivity contribution is 5.83. The minimum Gasteiger partial charge on any atom is -0.261 e. The second-order valence-electron chi connectivity index (χ2n) is 7.72. The van der Waals surface area contributed by atoms with E-state index in [4.69, 9.17) is 4.98 Å². The van der Waals surface area contributed by atoms with Crippen LogP contribution in [0.4, 0.5) is 0 Å². The van der Waals surface area contributed by atoms with E-state index in [2.05, 4.69) is 97.1 Å². The van der Waals surface area contributed by atoms with E-state index in [-0.39, 0.29) is 0 Å². The minimum absolute atomic E-state index is 0.346. The molecule has 5 aromatic rings. The zero-order valence-electron chi connectivity index (χ0n) is 16.3. The predicted molar refractivity (Wildman–Crippen MR) is 122 cm³/mol. The Morgan fingerprint density at radius 3 is 1.55 bits per heavy atom. The Morgan fingerprint density at radius 2 is 1.03 bits per heavy atom. The second-order valence-corrected chi connectivity index (χ2v) is 7.72. The number of aromatic nitrogens is 1. The fourth-order valence-corrected chi connectivity index (χ4v) is 4.20. The number of fused-ring (bicyclic) bond motifs is 2. The molecule has 0 bridgehead atoms. The van der Waals surface area contributed by atoms with Gasteiger partial charge in [0.2, 0.25) is 0 Å². The van der Waals surface area contributed by atoms with E-state index in [9.17, 15) is 0 Å². The van der Waals surface area contributed by atoms with Crippen LogP contribution in [0.15, 0.2) is 109 Å². The summed E-state index contributed by atoms with van der Waals surface area (Å²) in [7, 11) is 0. The third-order valence-corrected chi connectivity index (χ3v) is 5.70. The van der Waals surface area contributed by atoms with Gasteiger partial charge >= 0.3 is 0 Å². The normalized spacial score (nSPS) is 11.3. The first-order valence-electron chi connectivity index (χ1n) is 10.2. The fraction of sp³-hybridized carbons (Fsp3) is 0.107. The summed E-state index contributed by atoms with van der Waals surface area (Å²) in [6.07, 6.45) is 3.87. The van der Waals surface area contributed by atoms with E-state index in [1.165, 1.54) is 32.7 Å². The molecule has 1 heterocycles. The summed E-state index contributed by atoms with van der Waals surface area (Å²) >= 11 is 0. The molecule has 0 radical (unpaired) electrons. The molecule has 1 nitrogen and oxygen atoms in total. The molecule has 0 unspecified atom stereocenters. The van der Waals surface area contributed by atoms with Gasteiger partial charge in [0.1, 0.15) is 0 Å². The molecule has 0 aliphatic rings. The van der Waals surface area contributed by atoms with Gasteiger partial charge in [-0.05, 0) is 57.6 Å². The van der Waals surface area contributed by atoms with Crippen LogP contribution in [0.3, 0.4) is 0 Å². The van der Waals surface area contributed by atoms with E-state index < -0.39 is 0 Å². The first-order chi connectivity index (χ1) is 14.3. The summed E-state index contributed by atoms with van der Waals surface area (Å²) in [6.45, 7) is 0. The average Bonchev–Trinajstić information content (AvgIpc) is 2.79. The van der Waals surface area contributed by atoms with E-state index >= 15 is 0 Å². The van der Waals surface area contributed by atoms with E-state index in [1.54, 1.807) is 0 Å². The molecule has 1 aromatic heterocycles. The molecule has 0 aliphatic carbocycles. The fourth-order valence-electron chi connectivity index (χ4n) is 4.20. The third-order valence-electron chi connectivity index (χ3n) is 5.70. The van der Waals surface area contributed by atoms with Crippen molar-refractivity contribution in [2.75, 3.05) is 0 Å². The molecule has 0 saturated heterocycles. The van der Waals surface area contributed by atoms with Crippen LogP contribution >= 0.6 is 0 Å². The number of nitrogens with zero attached hydrogens (tertiary/aromatic N) is 1. The van der Waals surface area contributed by atoms with Crippen molar-refractivity contribution >= 4 is 21.5 Å². The van der Waals surface area contributed by atoms with Crippen LogP contribution in [0.2, 0.25) is 0 Å². The summed E-state index contributed by atoms with van der Waals surface area (Å²) in [4.78, 5) is 4.70. The minimum atomic E-state index is 0.346. The Kier molecular flexibility index (Phi) is 4.80. The Labute approximate surface area is 171 Å². The van der Waals surface area contributed by atoms with Gasteiger partial charge in [-0.3, -0.25) is 4.98 Å². The van der Waals surface area contributed by atoms with E-state index in [0.717, 1.165) is 18.5 Å². The van der Waals surface area contributed by atoms with Crippen molar-refractivity contribution < 1.29 is 0 Å². The van der Waals surface area contributed by atoms with Crippen LogP contribution in [-0.2, 0) is 12.8 Å². The van der Waals surface area contributed by atoms with Crippen LogP contribution < -0.4 is 0 Å². The van der Waals surface area contributed by atoms with Crippen molar-refractivity contribution in [3.63, 3.8) is 0 Å². The maximum atomic E-state index is 4.70. The molecule has 4 aromatic carbocycles. The van der Waals surface area contributed by atoms with E-state index in [0.29, 0.717) is 5.92 Å². The topological polar surface area (TPSA) is 12.9 Å². The molecular formula is C28H23N. The molecule has 0 saturated carbocycles. The van der Waals surface area contributed by atoms with E-state index in [1.807, 2.05) is 12.3 Å². The quantitative estimate of drug-likeness (QED) is 0.324. The highest BCUT2D eigenvalue weighted by Gasteiger charge is 2.15. The highest BCUT2D eigenvalue weighted by Crippen LogP contribution is 2.27. The zero-order valence-corrected chi connectivity index (χ0v) is 16.3. The molecule has 29 heavy (non-hydrogen) atoms. The van der Waals surface area contributed by atoms with Gasteiger partial charge in [0.25, 0.3) is 0 Å².